The van der Waals surface area contributed by atoms with Crippen molar-refractivity contribution >= 4 is 17.5 Å². The van der Waals surface area contributed by atoms with E-state index in [0.29, 0.717) is 18.4 Å². The Kier molecular flexibility index (Phi) is 5.26. The van der Waals surface area contributed by atoms with Crippen molar-refractivity contribution in [1.82, 2.24) is 4.90 Å². The molecular weight excluding hydrogens is 258 g/mol. The van der Waals surface area contributed by atoms with Crippen LogP contribution in [0.2, 0.25) is 5.02 Å². The third kappa shape index (κ3) is 3.97. The van der Waals surface area contributed by atoms with Crippen LogP contribution < -0.4 is 0 Å². The zero-order valence-electron chi connectivity index (χ0n) is 11.6. The maximum absolute atomic E-state index is 12.3. The second-order valence-corrected chi connectivity index (χ2v) is 5.71. The third-order valence-electron chi connectivity index (χ3n) is 3.94. The number of nitrogens with zero attached hydrogens (tertiary/aromatic N) is 1. The summed E-state index contributed by atoms with van der Waals surface area (Å²) in [5.41, 5.74) is 1.14. The Bertz CT molecular complexity index is 433. The standard InChI is InChI=1S/C16H22ClNO/c1-2-15-8-3-4-11-18(15)16(19)10-9-13-6-5-7-14(17)12-13/h5-7,12,15H,2-4,8-11H2,1H3. The number of carbonyl (C=O) groups excluding carboxylic acids is 1. The van der Waals surface area contributed by atoms with E-state index < -0.39 is 0 Å². The molecule has 1 unspecified atom stereocenters. The number of aryl methyl sites for hydroxylation is 1. The Hall–Kier alpha value is -1.02. The van der Waals surface area contributed by atoms with E-state index in [0.717, 1.165) is 36.4 Å². The normalized spacial score (nSPS) is 19.5. The van der Waals surface area contributed by atoms with Crippen LogP contribution in [0.5, 0.6) is 0 Å². The van der Waals surface area contributed by atoms with Gasteiger partial charge in [-0.3, -0.25) is 4.79 Å². The summed E-state index contributed by atoms with van der Waals surface area (Å²) in [6.07, 6.45) is 6.03. The van der Waals surface area contributed by atoms with Gasteiger partial charge in [-0.2, -0.15) is 0 Å². The third-order valence-corrected chi connectivity index (χ3v) is 4.17. The zero-order chi connectivity index (χ0) is 13.7. The first-order chi connectivity index (χ1) is 9.20. The molecule has 3 heteroatoms. The molecule has 104 valence electrons. The molecule has 1 heterocycles. The number of carbonyl (C=O) groups is 1. The summed E-state index contributed by atoms with van der Waals surface area (Å²) in [5, 5.41) is 0.745. The molecule has 0 spiro atoms. The molecule has 2 nitrogen and oxygen atoms in total. The smallest absolute Gasteiger partial charge is 0.223 e. The summed E-state index contributed by atoms with van der Waals surface area (Å²) in [6.45, 7) is 3.11. The van der Waals surface area contributed by atoms with Crippen LogP contribution >= 0.6 is 11.6 Å². The van der Waals surface area contributed by atoms with Gasteiger partial charge in [0.1, 0.15) is 0 Å². The predicted molar refractivity (Wildman–Crippen MR) is 79.4 cm³/mol. The van der Waals surface area contributed by atoms with E-state index in [1.54, 1.807) is 0 Å². The molecule has 1 fully saturated rings. The molecule has 19 heavy (non-hydrogen) atoms. The van der Waals surface area contributed by atoms with Crippen molar-refractivity contribution in [3.05, 3.63) is 34.9 Å². The molecule has 1 saturated heterocycles. The zero-order valence-corrected chi connectivity index (χ0v) is 12.3. The minimum atomic E-state index is 0.298. The van der Waals surface area contributed by atoms with E-state index >= 15 is 0 Å². The highest BCUT2D eigenvalue weighted by Gasteiger charge is 2.24. The average Bonchev–Trinajstić information content (AvgIpc) is 2.45. The van der Waals surface area contributed by atoms with Crippen LogP contribution in [-0.2, 0) is 11.2 Å². The Labute approximate surface area is 120 Å². The van der Waals surface area contributed by atoms with Gasteiger partial charge < -0.3 is 4.90 Å². The molecule has 1 amide bonds. The molecular formula is C16H22ClNO. The minimum Gasteiger partial charge on any atom is -0.340 e. The summed E-state index contributed by atoms with van der Waals surface area (Å²) in [7, 11) is 0. The van der Waals surface area contributed by atoms with Crippen molar-refractivity contribution < 1.29 is 4.79 Å². The van der Waals surface area contributed by atoms with Crippen molar-refractivity contribution in [3.63, 3.8) is 0 Å². The van der Waals surface area contributed by atoms with E-state index in [4.69, 9.17) is 11.6 Å². The van der Waals surface area contributed by atoms with Gasteiger partial charge in [-0.05, 0) is 49.8 Å². The van der Waals surface area contributed by atoms with Crippen LogP contribution in [0.15, 0.2) is 24.3 Å². The number of amides is 1. The summed E-state index contributed by atoms with van der Waals surface area (Å²) in [6, 6.07) is 8.25. The van der Waals surface area contributed by atoms with Gasteiger partial charge in [0.25, 0.3) is 0 Å². The first-order valence-corrected chi connectivity index (χ1v) is 7.62. The molecule has 1 aliphatic heterocycles. The fourth-order valence-corrected chi connectivity index (χ4v) is 3.05. The van der Waals surface area contributed by atoms with Gasteiger partial charge in [-0.15, -0.1) is 0 Å². The molecule has 0 radical (unpaired) electrons. The van der Waals surface area contributed by atoms with Crippen molar-refractivity contribution in [2.24, 2.45) is 0 Å². The van der Waals surface area contributed by atoms with Gasteiger partial charge in [-0.25, -0.2) is 0 Å². The summed E-state index contributed by atoms with van der Waals surface area (Å²) in [4.78, 5) is 14.4. The van der Waals surface area contributed by atoms with E-state index in [1.165, 1.54) is 12.8 Å². The van der Waals surface area contributed by atoms with Crippen molar-refractivity contribution in [3.8, 4) is 0 Å². The van der Waals surface area contributed by atoms with Gasteiger partial charge in [0.05, 0.1) is 0 Å². The largest absolute Gasteiger partial charge is 0.340 e. The average molecular weight is 280 g/mol. The SMILES string of the molecule is CCC1CCCCN1C(=O)CCc1cccc(Cl)c1. The monoisotopic (exact) mass is 279 g/mol. The van der Waals surface area contributed by atoms with Crippen LogP contribution in [0.4, 0.5) is 0 Å². The van der Waals surface area contributed by atoms with E-state index in [9.17, 15) is 4.79 Å². The fraction of sp³-hybridized carbons (Fsp3) is 0.562. The molecule has 1 aromatic carbocycles. The maximum Gasteiger partial charge on any atom is 0.223 e. The van der Waals surface area contributed by atoms with E-state index in [1.807, 2.05) is 24.3 Å². The summed E-state index contributed by atoms with van der Waals surface area (Å²) >= 11 is 5.96. The maximum atomic E-state index is 12.3. The van der Waals surface area contributed by atoms with Crippen LogP contribution in [-0.4, -0.2) is 23.4 Å². The molecule has 0 saturated carbocycles. The number of likely N-dealkylation sites (tertiary alicyclic amines) is 1. The van der Waals surface area contributed by atoms with Crippen molar-refractivity contribution in [1.29, 1.82) is 0 Å². The summed E-state index contributed by atoms with van der Waals surface area (Å²) < 4.78 is 0. The van der Waals surface area contributed by atoms with Crippen LogP contribution in [0.3, 0.4) is 0 Å². The van der Waals surface area contributed by atoms with Gasteiger partial charge in [0, 0.05) is 24.0 Å². The quantitative estimate of drug-likeness (QED) is 0.814. The molecule has 1 aromatic rings. The second kappa shape index (κ2) is 6.95. The fourth-order valence-electron chi connectivity index (χ4n) is 2.84. The van der Waals surface area contributed by atoms with Crippen molar-refractivity contribution in [2.45, 2.75) is 51.5 Å². The predicted octanol–water partition coefficient (Wildman–Crippen LogP) is 4.06. The van der Waals surface area contributed by atoms with Crippen LogP contribution in [0.25, 0.3) is 0 Å². The van der Waals surface area contributed by atoms with Gasteiger partial charge in [-0.1, -0.05) is 30.7 Å². The Morgan fingerprint density at radius 3 is 3.00 bits per heavy atom. The number of rotatable bonds is 4. The molecule has 1 atom stereocenters. The van der Waals surface area contributed by atoms with Gasteiger partial charge >= 0.3 is 0 Å². The number of benzene rings is 1. The lowest BCUT2D eigenvalue weighted by atomic mass is 9.99. The Balaban J connectivity index is 1.89. The molecule has 1 aliphatic rings. The van der Waals surface area contributed by atoms with Gasteiger partial charge in [0.15, 0.2) is 0 Å². The highest BCUT2D eigenvalue weighted by Crippen LogP contribution is 2.21. The van der Waals surface area contributed by atoms with Crippen molar-refractivity contribution in [2.75, 3.05) is 6.54 Å². The highest BCUT2D eigenvalue weighted by atomic mass is 35.5. The Morgan fingerprint density at radius 1 is 1.42 bits per heavy atom. The first kappa shape index (κ1) is 14.4. The Morgan fingerprint density at radius 2 is 2.26 bits per heavy atom. The minimum absolute atomic E-state index is 0.298. The lowest BCUT2D eigenvalue weighted by molar-refractivity contribution is -0.134. The topological polar surface area (TPSA) is 20.3 Å². The first-order valence-electron chi connectivity index (χ1n) is 7.24. The van der Waals surface area contributed by atoms with Crippen LogP contribution in [0.1, 0.15) is 44.6 Å². The second-order valence-electron chi connectivity index (χ2n) is 5.27. The van der Waals surface area contributed by atoms with Gasteiger partial charge in [0.2, 0.25) is 5.91 Å². The number of halogens is 1. The molecule has 0 bridgehead atoms. The number of piperidine rings is 1. The number of hydrogen-bond acceptors (Lipinski definition) is 1. The lowest BCUT2D eigenvalue weighted by Gasteiger charge is -2.35. The molecule has 0 aliphatic carbocycles. The van der Waals surface area contributed by atoms with E-state index in [2.05, 4.69) is 11.8 Å². The summed E-state index contributed by atoms with van der Waals surface area (Å²) in [5.74, 6) is 0.298. The molecule has 0 N–H and O–H groups in total. The number of hydrogen-bond donors (Lipinski definition) is 0. The lowest BCUT2D eigenvalue weighted by Crippen LogP contribution is -2.43. The van der Waals surface area contributed by atoms with Crippen LogP contribution in [0, 0.1) is 0 Å². The van der Waals surface area contributed by atoms with E-state index in [-0.39, 0.29) is 0 Å². The highest BCUT2D eigenvalue weighted by molar-refractivity contribution is 6.30. The molecule has 2 rings (SSSR count). The molecule has 0 aromatic heterocycles.